The van der Waals surface area contributed by atoms with E-state index in [1.165, 1.54) is 13.8 Å². The lowest BCUT2D eigenvalue weighted by Crippen LogP contribution is -2.30. The lowest BCUT2D eigenvalue weighted by molar-refractivity contribution is 0.466. The summed E-state index contributed by atoms with van der Waals surface area (Å²) in [5.41, 5.74) is 4.56. The summed E-state index contributed by atoms with van der Waals surface area (Å²) >= 11 is 0. The van der Waals surface area contributed by atoms with Crippen molar-refractivity contribution in [2.75, 3.05) is 6.26 Å². The standard InChI is InChI=1S/C10H13F2NO2S/c1-10(2,13)6-4-5-7(11)9(8(6)12)16(3,14)15/h4-5H,13H2,1-3H3. The van der Waals surface area contributed by atoms with E-state index in [9.17, 15) is 17.2 Å². The summed E-state index contributed by atoms with van der Waals surface area (Å²) in [6.07, 6.45) is 0.752. The predicted molar refractivity (Wildman–Crippen MR) is 56.7 cm³/mol. The molecular formula is C10H13F2NO2S. The fourth-order valence-corrected chi connectivity index (χ4v) is 2.23. The third-order valence-corrected chi connectivity index (χ3v) is 3.23. The van der Waals surface area contributed by atoms with Crippen molar-refractivity contribution in [3.63, 3.8) is 0 Å². The average Bonchev–Trinajstić information content (AvgIpc) is 1.97. The number of benzene rings is 1. The quantitative estimate of drug-likeness (QED) is 0.865. The Bertz CT molecular complexity index is 518. The van der Waals surface area contributed by atoms with E-state index in [1.54, 1.807) is 0 Å². The minimum atomic E-state index is -3.95. The SMILES string of the molecule is CC(C)(N)c1ccc(F)c(S(C)(=O)=O)c1F. The Hall–Kier alpha value is -1.01. The highest BCUT2D eigenvalue weighted by atomic mass is 32.2. The molecule has 0 unspecified atom stereocenters. The van der Waals surface area contributed by atoms with Crippen LogP contribution in [0.3, 0.4) is 0 Å². The van der Waals surface area contributed by atoms with Gasteiger partial charge in [0.05, 0.1) is 0 Å². The van der Waals surface area contributed by atoms with E-state index in [0.29, 0.717) is 0 Å². The summed E-state index contributed by atoms with van der Waals surface area (Å²) in [4.78, 5) is -0.927. The Balaban J connectivity index is 3.65. The monoisotopic (exact) mass is 249 g/mol. The van der Waals surface area contributed by atoms with Crippen LogP contribution in [0, 0.1) is 11.6 Å². The molecule has 6 heteroatoms. The topological polar surface area (TPSA) is 60.2 Å². The second-order valence-corrected chi connectivity index (χ2v) is 6.18. The molecule has 0 radical (unpaired) electrons. The van der Waals surface area contributed by atoms with Gasteiger partial charge in [-0.2, -0.15) is 0 Å². The Morgan fingerprint density at radius 2 is 1.75 bits per heavy atom. The van der Waals surface area contributed by atoms with Gasteiger partial charge in [-0.3, -0.25) is 0 Å². The summed E-state index contributed by atoms with van der Waals surface area (Å²) in [6.45, 7) is 3.02. The van der Waals surface area contributed by atoms with Crippen molar-refractivity contribution in [3.8, 4) is 0 Å². The first-order valence-electron chi connectivity index (χ1n) is 4.52. The molecule has 1 aromatic rings. The van der Waals surface area contributed by atoms with Gasteiger partial charge in [0, 0.05) is 17.4 Å². The lowest BCUT2D eigenvalue weighted by atomic mass is 9.95. The zero-order valence-corrected chi connectivity index (χ0v) is 10.0. The van der Waals surface area contributed by atoms with E-state index < -0.39 is 31.9 Å². The van der Waals surface area contributed by atoms with E-state index in [-0.39, 0.29) is 5.56 Å². The zero-order chi connectivity index (χ0) is 12.7. The van der Waals surface area contributed by atoms with Crippen LogP contribution in [0.1, 0.15) is 19.4 Å². The van der Waals surface area contributed by atoms with E-state index in [4.69, 9.17) is 5.73 Å². The summed E-state index contributed by atoms with van der Waals surface area (Å²) in [6, 6.07) is 2.06. The number of hydrogen-bond donors (Lipinski definition) is 1. The van der Waals surface area contributed by atoms with Gasteiger partial charge in [-0.1, -0.05) is 6.07 Å². The molecule has 2 N–H and O–H groups in total. The maximum atomic E-state index is 13.8. The van der Waals surface area contributed by atoms with Gasteiger partial charge in [0.2, 0.25) is 0 Å². The van der Waals surface area contributed by atoms with Crippen molar-refractivity contribution in [3.05, 3.63) is 29.3 Å². The average molecular weight is 249 g/mol. The van der Waals surface area contributed by atoms with Gasteiger partial charge < -0.3 is 5.73 Å². The van der Waals surface area contributed by atoms with E-state index >= 15 is 0 Å². The Morgan fingerprint density at radius 3 is 2.12 bits per heavy atom. The highest BCUT2D eigenvalue weighted by Crippen LogP contribution is 2.27. The Morgan fingerprint density at radius 1 is 1.25 bits per heavy atom. The summed E-state index contributed by atoms with van der Waals surface area (Å²) in [7, 11) is -3.95. The molecule has 0 atom stereocenters. The van der Waals surface area contributed by atoms with Gasteiger partial charge in [-0.05, 0) is 19.9 Å². The first-order chi connectivity index (χ1) is 7.05. The number of nitrogens with two attached hydrogens (primary N) is 1. The maximum Gasteiger partial charge on any atom is 0.181 e. The van der Waals surface area contributed by atoms with Crippen LogP contribution >= 0.6 is 0 Å². The normalized spacial score (nSPS) is 12.9. The molecule has 0 aliphatic rings. The molecule has 1 rings (SSSR count). The molecule has 0 saturated carbocycles. The van der Waals surface area contributed by atoms with Gasteiger partial charge in [-0.15, -0.1) is 0 Å². The van der Waals surface area contributed by atoms with Crippen LogP contribution in [0.2, 0.25) is 0 Å². The van der Waals surface area contributed by atoms with Crippen LogP contribution in [-0.2, 0) is 15.4 Å². The summed E-state index contributed by atoms with van der Waals surface area (Å²) in [5, 5.41) is 0. The lowest BCUT2D eigenvalue weighted by Gasteiger charge is -2.21. The molecule has 0 aromatic heterocycles. The number of halogens is 2. The van der Waals surface area contributed by atoms with Crippen LogP contribution in [0.15, 0.2) is 17.0 Å². The molecule has 1 aromatic carbocycles. The smallest absolute Gasteiger partial charge is 0.181 e. The maximum absolute atomic E-state index is 13.8. The van der Waals surface area contributed by atoms with Crippen molar-refractivity contribution >= 4 is 9.84 Å². The van der Waals surface area contributed by atoms with Crippen molar-refractivity contribution < 1.29 is 17.2 Å². The van der Waals surface area contributed by atoms with Crippen molar-refractivity contribution in [2.45, 2.75) is 24.3 Å². The van der Waals surface area contributed by atoms with Crippen LogP contribution < -0.4 is 5.73 Å². The molecule has 90 valence electrons. The summed E-state index contributed by atoms with van der Waals surface area (Å²) < 4.78 is 49.5. The fourth-order valence-electron chi connectivity index (χ4n) is 1.37. The highest BCUT2D eigenvalue weighted by molar-refractivity contribution is 7.90. The summed E-state index contributed by atoms with van der Waals surface area (Å²) in [5.74, 6) is -2.22. The molecule has 0 aliphatic heterocycles. The second kappa shape index (κ2) is 3.78. The fraction of sp³-hybridized carbons (Fsp3) is 0.400. The molecule has 0 heterocycles. The van der Waals surface area contributed by atoms with Crippen LogP contribution in [0.4, 0.5) is 8.78 Å². The number of sulfone groups is 1. The largest absolute Gasteiger partial charge is 0.322 e. The third-order valence-electron chi connectivity index (χ3n) is 2.11. The molecule has 3 nitrogen and oxygen atoms in total. The predicted octanol–water partition coefficient (Wildman–Crippen LogP) is 1.56. The minimum absolute atomic E-state index is 0.0330. The van der Waals surface area contributed by atoms with Crippen molar-refractivity contribution in [1.82, 2.24) is 0 Å². The van der Waals surface area contributed by atoms with Gasteiger partial charge >= 0.3 is 0 Å². The van der Waals surface area contributed by atoms with Crippen molar-refractivity contribution in [2.24, 2.45) is 5.73 Å². The van der Waals surface area contributed by atoms with E-state index in [2.05, 4.69) is 0 Å². The molecule has 0 spiro atoms. The van der Waals surface area contributed by atoms with Crippen molar-refractivity contribution in [1.29, 1.82) is 0 Å². The third kappa shape index (κ3) is 2.38. The highest BCUT2D eigenvalue weighted by Gasteiger charge is 2.27. The second-order valence-electron chi connectivity index (χ2n) is 4.23. The minimum Gasteiger partial charge on any atom is -0.322 e. The molecular weight excluding hydrogens is 236 g/mol. The Kier molecular flexibility index (Phi) is 3.08. The van der Waals surface area contributed by atoms with Crippen LogP contribution in [0.25, 0.3) is 0 Å². The number of rotatable bonds is 2. The molecule has 0 bridgehead atoms. The molecule has 0 aliphatic carbocycles. The van der Waals surface area contributed by atoms with E-state index in [1.807, 2.05) is 0 Å². The van der Waals surface area contributed by atoms with Gasteiger partial charge in [0.15, 0.2) is 9.84 Å². The first kappa shape index (κ1) is 13.1. The Labute approximate surface area is 93.2 Å². The first-order valence-corrected chi connectivity index (χ1v) is 6.41. The van der Waals surface area contributed by atoms with Gasteiger partial charge in [0.1, 0.15) is 16.5 Å². The van der Waals surface area contributed by atoms with Crippen LogP contribution in [-0.4, -0.2) is 14.7 Å². The molecule has 16 heavy (non-hydrogen) atoms. The molecule has 0 amide bonds. The molecule has 0 saturated heterocycles. The number of hydrogen-bond acceptors (Lipinski definition) is 3. The zero-order valence-electron chi connectivity index (χ0n) is 9.21. The van der Waals surface area contributed by atoms with E-state index in [0.717, 1.165) is 18.4 Å². The molecule has 0 fully saturated rings. The van der Waals surface area contributed by atoms with Gasteiger partial charge in [-0.25, -0.2) is 17.2 Å². The van der Waals surface area contributed by atoms with Gasteiger partial charge in [0.25, 0.3) is 0 Å². The van der Waals surface area contributed by atoms with Crippen LogP contribution in [0.5, 0.6) is 0 Å².